The van der Waals surface area contributed by atoms with Crippen LogP contribution in [-0.4, -0.2) is 23.3 Å². The molecule has 1 aromatic heterocycles. The van der Waals surface area contributed by atoms with E-state index in [-0.39, 0.29) is 17.6 Å². The van der Waals surface area contributed by atoms with Crippen LogP contribution in [-0.2, 0) is 10.2 Å². The van der Waals surface area contributed by atoms with Crippen molar-refractivity contribution in [3.8, 4) is 0 Å². The Balaban J connectivity index is 2.33. The minimum Gasteiger partial charge on any atom is -0.446 e. The van der Waals surface area contributed by atoms with Gasteiger partial charge >= 0.3 is 6.09 Å². The molecule has 1 aliphatic heterocycles. The third kappa shape index (κ3) is 2.28. The zero-order valence-electron chi connectivity index (χ0n) is 13.5. The molecule has 0 amide bonds. The van der Waals surface area contributed by atoms with Gasteiger partial charge in [0, 0.05) is 17.3 Å². The van der Waals surface area contributed by atoms with Gasteiger partial charge in [-0.2, -0.15) is 0 Å². The largest absolute Gasteiger partial charge is 0.446 e. The highest BCUT2D eigenvalue weighted by Gasteiger charge is 2.32. The molecular weight excluding hydrogens is 276 g/mol. The first-order valence-corrected chi connectivity index (χ1v) is 7.66. The third-order valence-electron chi connectivity index (χ3n) is 4.01. The number of hydrogen-bond donors (Lipinski definition) is 1. The molecule has 0 bridgehead atoms. The number of hydrogen-bond acceptors (Lipinski definition) is 3. The highest BCUT2D eigenvalue weighted by molar-refractivity contribution is 5.97. The van der Waals surface area contributed by atoms with Crippen LogP contribution in [0.15, 0.2) is 30.5 Å². The van der Waals surface area contributed by atoms with Crippen LogP contribution in [0.25, 0.3) is 17.0 Å². The molecule has 0 radical (unpaired) electrons. The van der Waals surface area contributed by atoms with Crippen molar-refractivity contribution in [1.82, 2.24) is 9.88 Å². The fourth-order valence-corrected chi connectivity index (χ4v) is 3.12. The zero-order valence-corrected chi connectivity index (χ0v) is 13.5. The normalized spacial score (nSPS) is 16.2. The summed E-state index contributed by atoms with van der Waals surface area (Å²) in [5, 5.41) is 4.40. The van der Waals surface area contributed by atoms with Gasteiger partial charge < -0.3 is 10.1 Å². The number of rotatable bonds is 1. The van der Waals surface area contributed by atoms with Gasteiger partial charge in [0.1, 0.15) is 0 Å². The highest BCUT2D eigenvalue weighted by Crippen LogP contribution is 2.37. The maximum atomic E-state index is 12.6. The van der Waals surface area contributed by atoms with Gasteiger partial charge in [0.25, 0.3) is 0 Å². The molecule has 4 nitrogen and oxygen atoms in total. The van der Waals surface area contributed by atoms with E-state index in [1.54, 1.807) is 4.57 Å². The standard InChI is InChI=1S/C18H22N2O2/c1-12(2)22-17(21)20-14-8-6-5-7-13(14)16-15(20)9-10-19-11-18(16,3)4/h5-10,12,19H,11H2,1-4H3. The number of aromatic nitrogens is 1. The number of nitrogens with zero attached hydrogens (tertiary/aromatic N) is 1. The summed E-state index contributed by atoms with van der Waals surface area (Å²) in [4.78, 5) is 12.6. The van der Waals surface area contributed by atoms with E-state index in [4.69, 9.17) is 4.74 Å². The molecule has 1 aromatic carbocycles. The first kappa shape index (κ1) is 14.7. The Labute approximate surface area is 130 Å². The predicted molar refractivity (Wildman–Crippen MR) is 89.0 cm³/mol. The molecule has 0 saturated carbocycles. The van der Waals surface area contributed by atoms with E-state index in [9.17, 15) is 4.79 Å². The summed E-state index contributed by atoms with van der Waals surface area (Å²) in [6.45, 7) is 8.93. The van der Waals surface area contributed by atoms with E-state index in [1.165, 1.54) is 5.56 Å². The minimum absolute atomic E-state index is 0.0816. The van der Waals surface area contributed by atoms with Gasteiger partial charge in [-0.25, -0.2) is 9.36 Å². The summed E-state index contributed by atoms with van der Waals surface area (Å²) in [6.07, 6.45) is 3.40. The van der Waals surface area contributed by atoms with E-state index >= 15 is 0 Å². The lowest BCUT2D eigenvalue weighted by Gasteiger charge is -2.24. The van der Waals surface area contributed by atoms with Crippen LogP contribution in [0, 0.1) is 0 Å². The van der Waals surface area contributed by atoms with Gasteiger partial charge in [-0.15, -0.1) is 0 Å². The molecule has 22 heavy (non-hydrogen) atoms. The van der Waals surface area contributed by atoms with Crippen LogP contribution in [0.4, 0.5) is 4.79 Å². The summed E-state index contributed by atoms with van der Waals surface area (Å²) in [5.74, 6) is 0. The van der Waals surface area contributed by atoms with E-state index < -0.39 is 0 Å². The minimum atomic E-state index is -0.324. The molecule has 0 saturated heterocycles. The van der Waals surface area contributed by atoms with Crippen LogP contribution in [0.1, 0.15) is 39.0 Å². The fraction of sp³-hybridized carbons (Fsp3) is 0.389. The van der Waals surface area contributed by atoms with Crippen molar-refractivity contribution in [3.05, 3.63) is 41.7 Å². The molecule has 1 aliphatic rings. The molecule has 3 rings (SSSR count). The van der Waals surface area contributed by atoms with E-state index in [1.807, 2.05) is 44.3 Å². The number of benzene rings is 1. The van der Waals surface area contributed by atoms with Crippen LogP contribution in [0.5, 0.6) is 0 Å². The molecule has 0 aliphatic carbocycles. The highest BCUT2D eigenvalue weighted by atomic mass is 16.6. The summed E-state index contributed by atoms with van der Waals surface area (Å²) < 4.78 is 7.14. The van der Waals surface area contributed by atoms with Gasteiger partial charge in [-0.3, -0.25) is 0 Å². The Morgan fingerprint density at radius 3 is 2.77 bits per heavy atom. The Morgan fingerprint density at radius 2 is 2.05 bits per heavy atom. The molecule has 4 heteroatoms. The number of carbonyl (C=O) groups is 1. The van der Waals surface area contributed by atoms with Crippen LogP contribution >= 0.6 is 0 Å². The van der Waals surface area contributed by atoms with Gasteiger partial charge in [0.15, 0.2) is 0 Å². The smallest absolute Gasteiger partial charge is 0.419 e. The zero-order chi connectivity index (χ0) is 15.9. The first-order valence-electron chi connectivity index (χ1n) is 7.66. The van der Waals surface area contributed by atoms with Crippen molar-refractivity contribution in [1.29, 1.82) is 0 Å². The van der Waals surface area contributed by atoms with Crippen molar-refractivity contribution in [2.75, 3.05) is 6.54 Å². The van der Waals surface area contributed by atoms with Crippen molar-refractivity contribution in [2.45, 2.75) is 39.2 Å². The Hall–Kier alpha value is -2.23. The third-order valence-corrected chi connectivity index (χ3v) is 4.01. The van der Waals surface area contributed by atoms with E-state index in [0.717, 1.165) is 23.1 Å². The molecule has 0 spiro atoms. The number of nitrogens with one attached hydrogen (secondary N) is 1. The summed E-state index contributed by atoms with van der Waals surface area (Å²) >= 11 is 0. The first-order chi connectivity index (χ1) is 10.4. The maximum Gasteiger partial charge on any atom is 0.419 e. The number of para-hydroxylation sites is 1. The molecule has 0 fully saturated rings. The lowest BCUT2D eigenvalue weighted by molar-refractivity contribution is 0.118. The number of carbonyl (C=O) groups excluding carboxylic acids is 1. The summed E-state index contributed by atoms with van der Waals surface area (Å²) in [7, 11) is 0. The average Bonchev–Trinajstić information content (AvgIpc) is 2.69. The quantitative estimate of drug-likeness (QED) is 0.868. The van der Waals surface area contributed by atoms with E-state index in [2.05, 4.69) is 25.2 Å². The molecule has 0 unspecified atom stereocenters. The second kappa shape index (κ2) is 5.20. The summed E-state index contributed by atoms with van der Waals surface area (Å²) in [5.41, 5.74) is 2.91. The van der Waals surface area contributed by atoms with Gasteiger partial charge in [0.2, 0.25) is 0 Å². The number of fused-ring (bicyclic) bond motifs is 3. The van der Waals surface area contributed by atoms with Gasteiger partial charge in [-0.05, 0) is 37.8 Å². The van der Waals surface area contributed by atoms with Crippen molar-refractivity contribution < 1.29 is 9.53 Å². The lowest BCUT2D eigenvalue weighted by atomic mass is 9.83. The predicted octanol–water partition coefficient (Wildman–Crippen LogP) is 3.89. The molecule has 2 aromatic rings. The second-order valence-electron chi connectivity index (χ2n) is 6.64. The van der Waals surface area contributed by atoms with Crippen LogP contribution < -0.4 is 5.32 Å². The van der Waals surface area contributed by atoms with Crippen molar-refractivity contribution >= 4 is 23.1 Å². The Bertz CT molecular complexity index is 754. The lowest BCUT2D eigenvalue weighted by Crippen LogP contribution is -2.29. The molecule has 0 atom stereocenters. The average molecular weight is 298 g/mol. The number of ether oxygens (including phenoxy) is 1. The molecule has 116 valence electrons. The Kier molecular flexibility index (Phi) is 3.47. The fourth-order valence-electron chi connectivity index (χ4n) is 3.12. The second-order valence-corrected chi connectivity index (χ2v) is 6.64. The monoisotopic (exact) mass is 298 g/mol. The van der Waals surface area contributed by atoms with Crippen molar-refractivity contribution in [2.24, 2.45) is 0 Å². The van der Waals surface area contributed by atoms with Gasteiger partial charge in [-0.1, -0.05) is 32.0 Å². The topological polar surface area (TPSA) is 43.3 Å². The van der Waals surface area contributed by atoms with Crippen LogP contribution in [0.2, 0.25) is 0 Å². The Morgan fingerprint density at radius 1 is 1.32 bits per heavy atom. The van der Waals surface area contributed by atoms with E-state index in [0.29, 0.717) is 0 Å². The molecular formula is C18H22N2O2. The van der Waals surface area contributed by atoms with Crippen LogP contribution in [0.3, 0.4) is 0 Å². The summed E-state index contributed by atoms with van der Waals surface area (Å²) in [6, 6.07) is 8.02. The van der Waals surface area contributed by atoms with Crippen molar-refractivity contribution in [3.63, 3.8) is 0 Å². The molecule has 1 N–H and O–H groups in total. The molecule has 2 heterocycles. The van der Waals surface area contributed by atoms with Gasteiger partial charge in [0.05, 0.1) is 17.3 Å². The maximum absolute atomic E-state index is 12.6. The SMILES string of the molecule is CC(C)OC(=O)n1c2c(c3ccccc31)C(C)(C)CNC=C2.